The number of hydrogen-bond donors (Lipinski definition) is 1. The zero-order valence-electron chi connectivity index (χ0n) is 12.5. The number of carbonyl (C=O) groups is 2. The molecule has 0 radical (unpaired) electrons. The normalized spacial score (nSPS) is 20.3. The number of urea groups is 1. The largest absolute Gasteiger partial charge is 0.469 e. The van der Waals surface area contributed by atoms with Crippen LogP contribution in [-0.2, 0) is 9.53 Å². The fraction of sp³-hybridized carbons (Fsp3) is 0.400. The Balaban J connectivity index is 1.62. The Morgan fingerprint density at radius 2 is 2.18 bits per heavy atom. The molecule has 2 heterocycles. The number of carbonyl (C=O) groups excluding carboxylic acids is 2. The zero-order valence-corrected chi connectivity index (χ0v) is 12.5. The predicted octanol–water partition coefficient (Wildman–Crippen LogP) is 1.75. The van der Waals surface area contributed by atoms with E-state index < -0.39 is 0 Å². The molecule has 2 aromatic heterocycles. The second kappa shape index (κ2) is 5.67. The van der Waals surface area contributed by atoms with Gasteiger partial charge in [-0.25, -0.2) is 9.78 Å². The molecule has 2 aromatic rings. The Bertz CT molecular complexity index is 706. The highest BCUT2D eigenvalue weighted by Gasteiger charge is 2.39. The van der Waals surface area contributed by atoms with Crippen molar-refractivity contribution in [2.45, 2.75) is 18.9 Å². The summed E-state index contributed by atoms with van der Waals surface area (Å²) in [6.07, 6.45) is 4.75. The second-order valence-corrected chi connectivity index (χ2v) is 5.46. The van der Waals surface area contributed by atoms with Crippen LogP contribution in [0.25, 0.3) is 5.65 Å². The van der Waals surface area contributed by atoms with Gasteiger partial charge in [-0.1, -0.05) is 6.07 Å². The Morgan fingerprint density at radius 3 is 2.91 bits per heavy atom. The number of methoxy groups -OCH3 is 1. The molecule has 1 aliphatic carbocycles. The average Bonchev–Trinajstić information content (AvgIpc) is 2.88. The summed E-state index contributed by atoms with van der Waals surface area (Å²) in [7, 11) is 3.12. The van der Waals surface area contributed by atoms with E-state index >= 15 is 0 Å². The van der Waals surface area contributed by atoms with Crippen LogP contribution in [0.4, 0.5) is 10.6 Å². The molecule has 0 spiro atoms. The van der Waals surface area contributed by atoms with Crippen LogP contribution in [0.3, 0.4) is 0 Å². The molecule has 3 rings (SSSR count). The molecule has 1 fully saturated rings. The smallest absolute Gasteiger partial charge is 0.323 e. The van der Waals surface area contributed by atoms with E-state index in [-0.39, 0.29) is 24.0 Å². The average molecular weight is 302 g/mol. The van der Waals surface area contributed by atoms with Crippen molar-refractivity contribution in [1.29, 1.82) is 0 Å². The topological polar surface area (TPSA) is 75.9 Å². The zero-order chi connectivity index (χ0) is 15.7. The number of aromatic nitrogens is 2. The summed E-state index contributed by atoms with van der Waals surface area (Å²) in [5.74, 6) is 0.323. The lowest BCUT2D eigenvalue weighted by Crippen LogP contribution is -2.49. The fourth-order valence-electron chi connectivity index (χ4n) is 2.65. The van der Waals surface area contributed by atoms with E-state index in [0.717, 1.165) is 5.65 Å². The van der Waals surface area contributed by atoms with Crippen LogP contribution >= 0.6 is 0 Å². The van der Waals surface area contributed by atoms with E-state index in [2.05, 4.69) is 10.3 Å². The third kappa shape index (κ3) is 2.49. The lowest BCUT2D eigenvalue weighted by atomic mass is 9.79. The van der Waals surface area contributed by atoms with Crippen molar-refractivity contribution in [3.05, 3.63) is 30.6 Å². The lowest BCUT2D eigenvalue weighted by Gasteiger charge is -2.39. The molecular weight excluding hydrogens is 284 g/mol. The number of imidazole rings is 1. The third-order valence-corrected chi connectivity index (χ3v) is 4.17. The summed E-state index contributed by atoms with van der Waals surface area (Å²) in [5.41, 5.74) is 0.773. The number of anilines is 1. The number of pyridine rings is 1. The minimum Gasteiger partial charge on any atom is -0.469 e. The summed E-state index contributed by atoms with van der Waals surface area (Å²) >= 11 is 0. The number of amides is 2. The first-order chi connectivity index (χ1) is 10.6. The van der Waals surface area contributed by atoms with Crippen LogP contribution in [0.5, 0.6) is 0 Å². The number of fused-ring (bicyclic) bond motifs is 1. The highest BCUT2D eigenvalue weighted by molar-refractivity contribution is 5.89. The molecule has 7 heteroatoms. The maximum atomic E-state index is 12.3. The molecule has 1 aliphatic rings. The minimum absolute atomic E-state index is 0.0586. The first-order valence-electron chi connectivity index (χ1n) is 7.14. The minimum atomic E-state index is -0.209. The van der Waals surface area contributed by atoms with Crippen molar-refractivity contribution in [2.75, 3.05) is 19.5 Å². The van der Waals surface area contributed by atoms with Gasteiger partial charge in [0.2, 0.25) is 0 Å². The predicted molar refractivity (Wildman–Crippen MR) is 80.5 cm³/mol. The maximum absolute atomic E-state index is 12.3. The van der Waals surface area contributed by atoms with Gasteiger partial charge in [-0.15, -0.1) is 0 Å². The van der Waals surface area contributed by atoms with Gasteiger partial charge in [-0.3, -0.25) is 14.5 Å². The van der Waals surface area contributed by atoms with E-state index in [4.69, 9.17) is 4.74 Å². The van der Waals surface area contributed by atoms with Gasteiger partial charge < -0.3 is 9.64 Å². The molecule has 0 aromatic carbocycles. The third-order valence-electron chi connectivity index (χ3n) is 4.17. The van der Waals surface area contributed by atoms with E-state index in [0.29, 0.717) is 18.7 Å². The summed E-state index contributed by atoms with van der Waals surface area (Å²) in [6, 6.07) is 5.48. The SMILES string of the molecule is COC(=O)C1CC(N(C)C(=O)Nc2cnc3ccccn23)C1. The molecule has 0 atom stereocenters. The first kappa shape index (κ1) is 14.4. The molecule has 0 bridgehead atoms. The number of nitrogens with one attached hydrogen (secondary N) is 1. The highest BCUT2D eigenvalue weighted by Crippen LogP contribution is 2.32. The standard InChI is InChI=1S/C15H18N4O3/c1-18(11-7-10(8-11)14(20)22-2)15(21)17-13-9-16-12-5-3-4-6-19(12)13/h3-6,9-11H,7-8H2,1-2H3,(H,17,21). The van der Waals surface area contributed by atoms with E-state index in [1.165, 1.54) is 7.11 Å². The van der Waals surface area contributed by atoms with Gasteiger partial charge >= 0.3 is 12.0 Å². The van der Waals surface area contributed by atoms with E-state index in [1.807, 2.05) is 28.8 Å². The molecule has 1 saturated carbocycles. The van der Waals surface area contributed by atoms with Crippen LogP contribution in [-0.4, -0.2) is 46.5 Å². The molecule has 7 nitrogen and oxygen atoms in total. The van der Waals surface area contributed by atoms with Crippen LogP contribution in [0.1, 0.15) is 12.8 Å². The monoisotopic (exact) mass is 302 g/mol. The Hall–Kier alpha value is -2.57. The molecule has 116 valence electrons. The van der Waals surface area contributed by atoms with Gasteiger partial charge in [0.05, 0.1) is 19.2 Å². The molecule has 1 N–H and O–H groups in total. The molecule has 2 amide bonds. The van der Waals surface area contributed by atoms with Gasteiger partial charge in [0, 0.05) is 19.3 Å². The quantitative estimate of drug-likeness (QED) is 0.876. The Morgan fingerprint density at radius 1 is 1.41 bits per heavy atom. The van der Waals surface area contributed by atoms with Crippen LogP contribution in [0.2, 0.25) is 0 Å². The summed E-state index contributed by atoms with van der Waals surface area (Å²) in [4.78, 5) is 29.5. The van der Waals surface area contributed by atoms with Gasteiger partial charge in [0.25, 0.3) is 0 Å². The van der Waals surface area contributed by atoms with Crippen LogP contribution in [0, 0.1) is 5.92 Å². The molecule has 0 aliphatic heterocycles. The van der Waals surface area contributed by atoms with Crippen molar-refractivity contribution in [2.24, 2.45) is 5.92 Å². The van der Waals surface area contributed by atoms with Crippen molar-refractivity contribution < 1.29 is 14.3 Å². The molecule has 22 heavy (non-hydrogen) atoms. The maximum Gasteiger partial charge on any atom is 0.323 e. The van der Waals surface area contributed by atoms with Gasteiger partial charge in [0.15, 0.2) is 0 Å². The molecular formula is C15H18N4O3. The number of rotatable bonds is 3. The fourth-order valence-corrected chi connectivity index (χ4v) is 2.65. The van der Waals surface area contributed by atoms with Crippen molar-refractivity contribution in [3.63, 3.8) is 0 Å². The van der Waals surface area contributed by atoms with Gasteiger partial charge in [-0.2, -0.15) is 0 Å². The number of nitrogens with zero attached hydrogens (tertiary/aromatic N) is 3. The number of esters is 1. The van der Waals surface area contributed by atoms with Crippen molar-refractivity contribution >= 4 is 23.5 Å². The van der Waals surface area contributed by atoms with Crippen molar-refractivity contribution in [1.82, 2.24) is 14.3 Å². The first-order valence-corrected chi connectivity index (χ1v) is 7.14. The molecule has 0 saturated heterocycles. The van der Waals surface area contributed by atoms with Crippen molar-refractivity contribution in [3.8, 4) is 0 Å². The van der Waals surface area contributed by atoms with Crippen LogP contribution in [0.15, 0.2) is 30.6 Å². The van der Waals surface area contributed by atoms with Gasteiger partial charge in [-0.05, 0) is 25.0 Å². The van der Waals surface area contributed by atoms with Gasteiger partial charge in [0.1, 0.15) is 11.5 Å². The molecule has 0 unspecified atom stereocenters. The second-order valence-electron chi connectivity index (χ2n) is 5.46. The van der Waals surface area contributed by atoms with Crippen LogP contribution < -0.4 is 5.32 Å². The summed E-state index contributed by atoms with van der Waals surface area (Å²) in [6.45, 7) is 0. The summed E-state index contributed by atoms with van der Waals surface area (Å²) < 4.78 is 6.52. The van der Waals surface area contributed by atoms with E-state index in [9.17, 15) is 9.59 Å². The number of hydrogen-bond acceptors (Lipinski definition) is 4. The Kier molecular flexibility index (Phi) is 3.70. The number of ether oxygens (including phenoxy) is 1. The lowest BCUT2D eigenvalue weighted by molar-refractivity contribution is -0.150. The highest BCUT2D eigenvalue weighted by atomic mass is 16.5. The van der Waals surface area contributed by atoms with E-state index in [1.54, 1.807) is 18.1 Å². The summed E-state index contributed by atoms with van der Waals surface area (Å²) in [5, 5.41) is 2.84. The Labute approximate surface area is 127 Å².